The molecular weight excluding hydrogens is 450 g/mol. The predicted octanol–water partition coefficient (Wildman–Crippen LogP) is 6.58. The molecule has 2 aliphatic heterocycles. The molecule has 3 aromatic rings. The number of allylic oxidation sites excluding steroid dienone is 1. The van der Waals surface area contributed by atoms with Crippen molar-refractivity contribution in [3.8, 4) is 23.0 Å². The second kappa shape index (κ2) is 9.90. The Morgan fingerprint density at radius 1 is 1.06 bits per heavy atom. The first-order chi connectivity index (χ1) is 17.3. The largest absolute Gasteiger partial charge is 0.508 e. The van der Waals surface area contributed by atoms with E-state index in [2.05, 4.69) is 37.8 Å². The third-order valence-corrected chi connectivity index (χ3v) is 7.59. The number of rotatable bonds is 6. The van der Waals surface area contributed by atoms with Gasteiger partial charge in [0.25, 0.3) is 0 Å². The van der Waals surface area contributed by atoms with Crippen LogP contribution in [0.3, 0.4) is 0 Å². The average Bonchev–Trinajstić information content (AvgIpc) is 3.31. The van der Waals surface area contributed by atoms with E-state index in [1.54, 1.807) is 18.2 Å². The van der Waals surface area contributed by atoms with Gasteiger partial charge in [-0.3, -0.25) is 4.90 Å². The Labute approximate surface area is 213 Å². The smallest absolute Gasteiger partial charge is 0.150 e. The lowest BCUT2D eigenvalue weighted by molar-refractivity contribution is 0.169. The highest BCUT2D eigenvalue weighted by Gasteiger charge is 2.31. The molecule has 0 spiro atoms. The molecule has 188 valence electrons. The quantitative estimate of drug-likeness (QED) is 0.413. The van der Waals surface area contributed by atoms with E-state index in [-0.39, 0.29) is 17.6 Å². The summed E-state index contributed by atoms with van der Waals surface area (Å²) >= 11 is 0. The summed E-state index contributed by atoms with van der Waals surface area (Å²) in [4.78, 5) is 2.50. The Morgan fingerprint density at radius 3 is 2.53 bits per heavy atom. The van der Waals surface area contributed by atoms with E-state index in [0.717, 1.165) is 63.9 Å². The van der Waals surface area contributed by atoms with Crippen LogP contribution in [0.25, 0.3) is 11.1 Å². The van der Waals surface area contributed by atoms with E-state index >= 15 is 0 Å². The number of benzene rings is 3. The average molecular weight is 486 g/mol. The molecule has 1 unspecified atom stereocenters. The lowest BCUT2D eigenvalue weighted by atomic mass is 9.84. The zero-order valence-corrected chi connectivity index (χ0v) is 21.5. The van der Waals surface area contributed by atoms with Gasteiger partial charge in [0.1, 0.15) is 35.7 Å². The second-order valence-electron chi connectivity index (χ2n) is 10.3. The Morgan fingerprint density at radius 2 is 1.83 bits per heavy atom. The van der Waals surface area contributed by atoms with Crippen LogP contribution >= 0.6 is 0 Å². The molecule has 3 atom stereocenters. The number of fused-ring (bicyclic) bond motifs is 1. The maximum absolute atomic E-state index is 10.3. The molecule has 36 heavy (non-hydrogen) atoms. The van der Waals surface area contributed by atoms with Gasteiger partial charge in [0.2, 0.25) is 0 Å². The number of phenolic OH excluding ortho intramolecular Hbond substituents is 2. The molecule has 1 saturated heterocycles. The summed E-state index contributed by atoms with van der Waals surface area (Å²) < 4.78 is 12.7. The van der Waals surface area contributed by atoms with Gasteiger partial charge in [-0.05, 0) is 92.8 Å². The number of hydrogen-bond donors (Lipinski definition) is 2. The number of aromatic hydroxyl groups is 2. The molecule has 5 nitrogen and oxygen atoms in total. The minimum absolute atomic E-state index is 0.204. The zero-order valence-electron chi connectivity index (χ0n) is 21.5. The Hall–Kier alpha value is -3.44. The van der Waals surface area contributed by atoms with Crippen LogP contribution in [0.15, 0.2) is 60.7 Å². The predicted molar refractivity (Wildman–Crippen MR) is 144 cm³/mol. The van der Waals surface area contributed by atoms with E-state index in [1.807, 2.05) is 37.3 Å². The fourth-order valence-electron chi connectivity index (χ4n) is 5.46. The summed E-state index contributed by atoms with van der Waals surface area (Å²) in [6.45, 7) is 11.4. The summed E-state index contributed by atoms with van der Waals surface area (Å²) in [5.41, 5.74) is 5.56. The molecule has 2 aliphatic rings. The molecule has 2 heterocycles. The van der Waals surface area contributed by atoms with Gasteiger partial charge in [0.15, 0.2) is 0 Å². The maximum Gasteiger partial charge on any atom is 0.150 e. The summed E-state index contributed by atoms with van der Waals surface area (Å²) in [5.74, 6) is 2.79. The van der Waals surface area contributed by atoms with Gasteiger partial charge < -0.3 is 19.7 Å². The number of hydrogen-bond acceptors (Lipinski definition) is 5. The first-order valence-electron chi connectivity index (χ1n) is 12.8. The van der Waals surface area contributed by atoms with Gasteiger partial charge in [-0.25, -0.2) is 0 Å². The van der Waals surface area contributed by atoms with E-state index in [1.165, 1.54) is 6.42 Å². The highest BCUT2D eigenvalue weighted by atomic mass is 16.5. The molecular formula is C31H35NO4. The Bertz CT molecular complexity index is 1280. The Kier molecular flexibility index (Phi) is 6.67. The van der Waals surface area contributed by atoms with Crippen LogP contribution in [0, 0.1) is 12.8 Å². The summed E-state index contributed by atoms with van der Waals surface area (Å²) in [5, 5.41) is 20.5. The second-order valence-corrected chi connectivity index (χ2v) is 10.3. The molecule has 1 fully saturated rings. The molecule has 2 N–H and O–H groups in total. The molecule has 0 bridgehead atoms. The lowest BCUT2D eigenvalue weighted by Gasteiger charge is -2.32. The van der Waals surface area contributed by atoms with Crippen LogP contribution in [0.2, 0.25) is 0 Å². The first-order valence-corrected chi connectivity index (χ1v) is 12.8. The van der Waals surface area contributed by atoms with E-state index in [0.29, 0.717) is 12.6 Å². The fourth-order valence-corrected chi connectivity index (χ4v) is 5.46. The van der Waals surface area contributed by atoms with Gasteiger partial charge in [-0.15, -0.1) is 0 Å². The van der Waals surface area contributed by atoms with Crippen LogP contribution in [0.1, 0.15) is 55.5 Å². The van der Waals surface area contributed by atoms with Gasteiger partial charge in [-0.1, -0.05) is 31.2 Å². The lowest BCUT2D eigenvalue weighted by Crippen LogP contribution is -2.35. The number of nitrogens with zero attached hydrogens (tertiary/aromatic N) is 1. The van der Waals surface area contributed by atoms with E-state index in [4.69, 9.17) is 9.47 Å². The summed E-state index contributed by atoms with van der Waals surface area (Å²) in [6.07, 6.45) is 0.902. The fraction of sp³-hybridized carbons (Fsp3) is 0.355. The van der Waals surface area contributed by atoms with Gasteiger partial charge in [0, 0.05) is 29.3 Å². The SMILES string of the molecule is CC1=C(c2cccc(O)c2)C(c2ccc(OC[C@H](C)N3CC[C@@H](C)C3)cc2)Oc2ccc(O)c(C)c21. The highest BCUT2D eigenvalue weighted by Crippen LogP contribution is 2.49. The van der Waals surface area contributed by atoms with E-state index in [9.17, 15) is 10.2 Å². The molecule has 5 rings (SSSR count). The third kappa shape index (κ3) is 4.68. The van der Waals surface area contributed by atoms with Crippen molar-refractivity contribution in [3.05, 3.63) is 82.9 Å². The van der Waals surface area contributed by atoms with Crippen molar-refractivity contribution >= 4 is 11.1 Å². The van der Waals surface area contributed by atoms with E-state index < -0.39 is 0 Å². The van der Waals surface area contributed by atoms with Crippen molar-refractivity contribution in [2.45, 2.75) is 46.3 Å². The van der Waals surface area contributed by atoms with Crippen molar-refractivity contribution < 1.29 is 19.7 Å². The van der Waals surface area contributed by atoms with Crippen LogP contribution in [-0.2, 0) is 0 Å². The summed E-state index contributed by atoms with van der Waals surface area (Å²) in [7, 11) is 0. The number of ether oxygens (including phenoxy) is 2. The molecule has 0 aliphatic carbocycles. The highest BCUT2D eigenvalue weighted by molar-refractivity contribution is 5.96. The Balaban J connectivity index is 1.43. The molecule has 3 aromatic carbocycles. The van der Waals surface area contributed by atoms with Gasteiger partial charge in [-0.2, -0.15) is 0 Å². The normalized spacial score (nSPS) is 20.7. The van der Waals surface area contributed by atoms with Crippen LogP contribution < -0.4 is 9.47 Å². The van der Waals surface area contributed by atoms with Crippen molar-refractivity contribution in [1.82, 2.24) is 4.90 Å². The molecule has 5 heteroatoms. The van der Waals surface area contributed by atoms with Crippen LogP contribution in [0.5, 0.6) is 23.0 Å². The van der Waals surface area contributed by atoms with Crippen molar-refractivity contribution in [2.24, 2.45) is 5.92 Å². The summed E-state index contributed by atoms with van der Waals surface area (Å²) in [6, 6.07) is 19.2. The first kappa shape index (κ1) is 24.3. The van der Waals surface area contributed by atoms with Crippen LogP contribution in [-0.4, -0.2) is 40.9 Å². The number of phenols is 2. The monoisotopic (exact) mass is 485 g/mol. The minimum atomic E-state index is -0.359. The van der Waals surface area contributed by atoms with Crippen LogP contribution in [0.4, 0.5) is 0 Å². The van der Waals surface area contributed by atoms with Crippen molar-refractivity contribution in [1.29, 1.82) is 0 Å². The molecule has 0 saturated carbocycles. The topological polar surface area (TPSA) is 62.2 Å². The maximum atomic E-state index is 10.3. The van der Waals surface area contributed by atoms with Crippen molar-refractivity contribution in [2.75, 3.05) is 19.7 Å². The third-order valence-electron chi connectivity index (χ3n) is 7.59. The zero-order chi connectivity index (χ0) is 25.4. The van der Waals surface area contributed by atoms with Gasteiger partial charge in [0.05, 0.1) is 0 Å². The number of likely N-dealkylation sites (tertiary alicyclic amines) is 1. The minimum Gasteiger partial charge on any atom is -0.508 e. The molecule has 0 radical (unpaired) electrons. The van der Waals surface area contributed by atoms with Crippen molar-refractivity contribution in [3.63, 3.8) is 0 Å². The standard InChI is InChI=1S/C31H35NO4/c1-19-14-15-32(17-19)20(2)18-35-26-10-8-23(9-11-26)31-30(24-6-5-7-25(33)16-24)22(4)29-21(3)27(34)12-13-28(29)36-31/h5-13,16,19-20,31,33-34H,14-15,17-18H2,1-4H3/t19-,20+,31?/m1/s1. The van der Waals surface area contributed by atoms with Gasteiger partial charge >= 0.3 is 0 Å². The molecule has 0 amide bonds. The molecule has 0 aromatic heterocycles.